The van der Waals surface area contributed by atoms with E-state index in [0.717, 1.165) is 0 Å². The molecule has 2 rings (SSSR count). The third-order valence-corrected chi connectivity index (χ3v) is 4.51. The normalized spacial score (nSPS) is 10.9. The number of benzene rings is 2. The number of hydrogen-bond donors (Lipinski definition) is 3. The molecule has 2 aromatic carbocycles. The third kappa shape index (κ3) is 7.44. The molecule has 0 aromatic heterocycles. The van der Waals surface area contributed by atoms with Crippen molar-refractivity contribution in [2.24, 2.45) is 0 Å². The van der Waals surface area contributed by atoms with E-state index < -0.39 is 0 Å². The standard InChI is InChI=1S/C24H32N4O3/c1-6-28(7-2)23(31)18-11-9-13-20(15-18)26-21(29)16-25-19-12-8-10-17(14-19)22(30)27-24(3,4)5/h8-15,25H,6-7,16H2,1-5H3,(H,26,29)(H,27,30). The number of rotatable bonds is 8. The van der Waals surface area contributed by atoms with Crippen LogP contribution in [0.4, 0.5) is 11.4 Å². The van der Waals surface area contributed by atoms with E-state index in [1.54, 1.807) is 53.4 Å². The maximum atomic E-state index is 12.5. The molecule has 0 fully saturated rings. The van der Waals surface area contributed by atoms with Crippen molar-refractivity contribution in [1.82, 2.24) is 10.2 Å². The molecule has 0 atom stereocenters. The fourth-order valence-corrected chi connectivity index (χ4v) is 2.99. The Morgan fingerprint density at radius 3 is 2.06 bits per heavy atom. The highest BCUT2D eigenvalue weighted by Crippen LogP contribution is 2.14. The maximum absolute atomic E-state index is 12.5. The molecule has 0 aliphatic rings. The number of carbonyl (C=O) groups excluding carboxylic acids is 3. The number of nitrogens with zero attached hydrogens (tertiary/aromatic N) is 1. The van der Waals surface area contributed by atoms with Crippen LogP contribution in [0.2, 0.25) is 0 Å². The van der Waals surface area contributed by atoms with Gasteiger partial charge in [0, 0.05) is 41.1 Å². The van der Waals surface area contributed by atoms with Crippen LogP contribution in [0.5, 0.6) is 0 Å². The molecule has 0 saturated carbocycles. The molecule has 3 amide bonds. The quantitative estimate of drug-likeness (QED) is 0.602. The molecule has 166 valence electrons. The van der Waals surface area contributed by atoms with E-state index in [1.807, 2.05) is 34.6 Å². The minimum Gasteiger partial charge on any atom is -0.376 e. The summed E-state index contributed by atoms with van der Waals surface area (Å²) in [7, 11) is 0. The van der Waals surface area contributed by atoms with E-state index in [0.29, 0.717) is 35.6 Å². The number of carbonyl (C=O) groups is 3. The molecule has 0 spiro atoms. The van der Waals surface area contributed by atoms with Crippen LogP contribution in [0, 0.1) is 0 Å². The van der Waals surface area contributed by atoms with Crippen LogP contribution in [0.3, 0.4) is 0 Å². The summed E-state index contributed by atoms with van der Waals surface area (Å²) in [4.78, 5) is 38.9. The topological polar surface area (TPSA) is 90.5 Å². The molecule has 0 aliphatic heterocycles. The van der Waals surface area contributed by atoms with Gasteiger partial charge in [-0.2, -0.15) is 0 Å². The first-order valence-electron chi connectivity index (χ1n) is 10.5. The predicted molar refractivity (Wildman–Crippen MR) is 124 cm³/mol. The van der Waals surface area contributed by atoms with Crippen LogP contribution < -0.4 is 16.0 Å². The van der Waals surface area contributed by atoms with Gasteiger partial charge in [0.15, 0.2) is 0 Å². The first-order chi connectivity index (χ1) is 14.6. The third-order valence-electron chi connectivity index (χ3n) is 4.51. The molecule has 0 radical (unpaired) electrons. The average Bonchev–Trinajstić information content (AvgIpc) is 2.72. The van der Waals surface area contributed by atoms with Crippen molar-refractivity contribution in [3.05, 3.63) is 59.7 Å². The summed E-state index contributed by atoms with van der Waals surface area (Å²) >= 11 is 0. The largest absolute Gasteiger partial charge is 0.376 e. The smallest absolute Gasteiger partial charge is 0.253 e. The fraction of sp³-hybridized carbons (Fsp3) is 0.375. The number of amides is 3. The molecule has 0 bridgehead atoms. The fourth-order valence-electron chi connectivity index (χ4n) is 2.99. The molecular weight excluding hydrogens is 392 g/mol. The summed E-state index contributed by atoms with van der Waals surface area (Å²) in [6.07, 6.45) is 0. The first kappa shape index (κ1) is 23.9. The Labute approximate surface area is 184 Å². The van der Waals surface area contributed by atoms with Crippen molar-refractivity contribution >= 4 is 29.1 Å². The average molecular weight is 425 g/mol. The summed E-state index contributed by atoms with van der Waals surface area (Å²) in [6.45, 7) is 10.9. The van der Waals surface area contributed by atoms with Gasteiger partial charge in [0.2, 0.25) is 5.91 Å². The highest BCUT2D eigenvalue weighted by atomic mass is 16.2. The molecule has 0 saturated heterocycles. The van der Waals surface area contributed by atoms with E-state index >= 15 is 0 Å². The van der Waals surface area contributed by atoms with Crippen molar-refractivity contribution in [2.75, 3.05) is 30.3 Å². The van der Waals surface area contributed by atoms with Crippen LogP contribution in [-0.2, 0) is 4.79 Å². The van der Waals surface area contributed by atoms with Crippen LogP contribution in [-0.4, -0.2) is 47.8 Å². The van der Waals surface area contributed by atoms with Gasteiger partial charge in [-0.25, -0.2) is 0 Å². The second-order valence-corrected chi connectivity index (χ2v) is 8.24. The van der Waals surface area contributed by atoms with Gasteiger partial charge >= 0.3 is 0 Å². The highest BCUT2D eigenvalue weighted by molar-refractivity contribution is 5.98. The van der Waals surface area contributed by atoms with Gasteiger partial charge < -0.3 is 20.9 Å². The second kappa shape index (κ2) is 10.6. The monoisotopic (exact) mass is 424 g/mol. The predicted octanol–water partition coefficient (Wildman–Crippen LogP) is 3.75. The summed E-state index contributed by atoms with van der Waals surface area (Å²) < 4.78 is 0. The van der Waals surface area contributed by atoms with Gasteiger partial charge in [-0.1, -0.05) is 12.1 Å². The van der Waals surface area contributed by atoms with Crippen LogP contribution >= 0.6 is 0 Å². The van der Waals surface area contributed by atoms with Crippen LogP contribution in [0.25, 0.3) is 0 Å². The summed E-state index contributed by atoms with van der Waals surface area (Å²) in [5.74, 6) is -0.489. The molecule has 0 aliphatic carbocycles. The zero-order valence-corrected chi connectivity index (χ0v) is 18.9. The van der Waals surface area contributed by atoms with Gasteiger partial charge in [0.25, 0.3) is 11.8 Å². The highest BCUT2D eigenvalue weighted by Gasteiger charge is 2.16. The van der Waals surface area contributed by atoms with Gasteiger partial charge in [-0.3, -0.25) is 14.4 Å². The van der Waals surface area contributed by atoms with Crippen LogP contribution in [0.15, 0.2) is 48.5 Å². The number of hydrogen-bond acceptors (Lipinski definition) is 4. The number of anilines is 2. The van der Waals surface area contributed by atoms with Crippen molar-refractivity contribution in [2.45, 2.75) is 40.2 Å². The Hall–Kier alpha value is -3.35. The molecule has 0 unspecified atom stereocenters. The zero-order chi connectivity index (χ0) is 23.0. The number of nitrogens with one attached hydrogen (secondary N) is 3. The molecular formula is C24H32N4O3. The van der Waals surface area contributed by atoms with Gasteiger partial charge in [0.05, 0.1) is 6.54 Å². The Kier molecular flexibility index (Phi) is 8.19. The van der Waals surface area contributed by atoms with Crippen molar-refractivity contribution in [3.63, 3.8) is 0 Å². The van der Waals surface area contributed by atoms with E-state index in [-0.39, 0.29) is 29.8 Å². The Balaban J connectivity index is 1.97. The van der Waals surface area contributed by atoms with Crippen molar-refractivity contribution < 1.29 is 14.4 Å². The van der Waals surface area contributed by atoms with E-state index in [2.05, 4.69) is 16.0 Å². The molecule has 7 heteroatoms. The van der Waals surface area contributed by atoms with Crippen molar-refractivity contribution in [3.8, 4) is 0 Å². The Morgan fingerprint density at radius 2 is 1.45 bits per heavy atom. The van der Waals surface area contributed by atoms with Crippen molar-refractivity contribution in [1.29, 1.82) is 0 Å². The lowest BCUT2D eigenvalue weighted by atomic mass is 10.1. The molecule has 3 N–H and O–H groups in total. The summed E-state index contributed by atoms with van der Waals surface area (Å²) in [5, 5.41) is 8.74. The van der Waals surface area contributed by atoms with Gasteiger partial charge in [0.1, 0.15) is 0 Å². The van der Waals surface area contributed by atoms with E-state index in [9.17, 15) is 14.4 Å². The lowest BCUT2D eigenvalue weighted by Crippen LogP contribution is -2.40. The molecule has 0 heterocycles. The summed E-state index contributed by atoms with van der Waals surface area (Å²) in [5.41, 5.74) is 1.95. The molecule has 31 heavy (non-hydrogen) atoms. The first-order valence-corrected chi connectivity index (χ1v) is 10.5. The lowest BCUT2D eigenvalue weighted by molar-refractivity contribution is -0.114. The van der Waals surface area contributed by atoms with Gasteiger partial charge in [-0.05, 0) is 71.0 Å². The molecule has 7 nitrogen and oxygen atoms in total. The second-order valence-electron chi connectivity index (χ2n) is 8.24. The van der Waals surface area contributed by atoms with E-state index in [1.165, 1.54) is 0 Å². The Morgan fingerprint density at radius 1 is 0.871 bits per heavy atom. The SMILES string of the molecule is CCN(CC)C(=O)c1cccc(NC(=O)CNc2cccc(C(=O)NC(C)(C)C)c2)c1. The Bertz CT molecular complexity index is 930. The van der Waals surface area contributed by atoms with E-state index in [4.69, 9.17) is 0 Å². The summed E-state index contributed by atoms with van der Waals surface area (Å²) in [6, 6.07) is 13.9. The minimum atomic E-state index is -0.332. The zero-order valence-electron chi connectivity index (χ0n) is 18.9. The lowest BCUT2D eigenvalue weighted by Gasteiger charge is -2.20. The maximum Gasteiger partial charge on any atom is 0.253 e. The van der Waals surface area contributed by atoms with Gasteiger partial charge in [-0.15, -0.1) is 0 Å². The molecule has 2 aromatic rings. The minimum absolute atomic E-state index is 0.0264. The van der Waals surface area contributed by atoms with Crippen LogP contribution in [0.1, 0.15) is 55.3 Å².